The standard InChI is InChI=1S/C16H17Cl2NO/c1-10-8-12(17)9-11(2)16(10)20-15-5-3-4-14(18)13(15)6-7-19/h3-5,8-9H,6-7,19H2,1-2H3. The molecule has 0 saturated carbocycles. The summed E-state index contributed by atoms with van der Waals surface area (Å²) in [7, 11) is 0. The minimum absolute atomic E-state index is 0.526. The summed E-state index contributed by atoms with van der Waals surface area (Å²) in [5.74, 6) is 1.56. The highest BCUT2D eigenvalue weighted by atomic mass is 35.5. The van der Waals surface area contributed by atoms with E-state index in [0.29, 0.717) is 23.0 Å². The van der Waals surface area contributed by atoms with Crippen LogP contribution in [0.15, 0.2) is 30.3 Å². The van der Waals surface area contributed by atoms with Crippen LogP contribution in [0.25, 0.3) is 0 Å². The summed E-state index contributed by atoms with van der Waals surface area (Å²) in [5, 5.41) is 1.39. The van der Waals surface area contributed by atoms with Crippen LogP contribution in [-0.2, 0) is 6.42 Å². The van der Waals surface area contributed by atoms with Gasteiger partial charge in [-0.15, -0.1) is 0 Å². The molecule has 0 heterocycles. The van der Waals surface area contributed by atoms with Crippen molar-refractivity contribution in [3.63, 3.8) is 0 Å². The first-order valence-electron chi connectivity index (χ1n) is 6.45. The molecule has 0 aromatic heterocycles. The minimum Gasteiger partial charge on any atom is -0.456 e. The normalized spacial score (nSPS) is 10.7. The van der Waals surface area contributed by atoms with Crippen LogP contribution in [0.3, 0.4) is 0 Å². The van der Waals surface area contributed by atoms with Gasteiger partial charge in [0.2, 0.25) is 0 Å². The number of hydrogen-bond acceptors (Lipinski definition) is 2. The molecule has 2 N–H and O–H groups in total. The van der Waals surface area contributed by atoms with Gasteiger partial charge in [-0.25, -0.2) is 0 Å². The molecule has 0 amide bonds. The third-order valence-electron chi connectivity index (χ3n) is 3.11. The Morgan fingerprint density at radius 1 is 1.10 bits per heavy atom. The highest BCUT2D eigenvalue weighted by Gasteiger charge is 2.12. The highest BCUT2D eigenvalue weighted by molar-refractivity contribution is 6.31. The van der Waals surface area contributed by atoms with Gasteiger partial charge in [-0.1, -0.05) is 29.3 Å². The number of benzene rings is 2. The lowest BCUT2D eigenvalue weighted by atomic mass is 10.1. The molecule has 0 aliphatic rings. The second-order valence-corrected chi connectivity index (χ2v) is 5.57. The Labute approximate surface area is 129 Å². The van der Waals surface area contributed by atoms with Crippen LogP contribution in [0, 0.1) is 13.8 Å². The van der Waals surface area contributed by atoms with Gasteiger partial charge in [0, 0.05) is 15.6 Å². The molecule has 0 atom stereocenters. The topological polar surface area (TPSA) is 35.2 Å². The van der Waals surface area contributed by atoms with Crippen molar-refractivity contribution < 1.29 is 4.74 Å². The molecule has 0 spiro atoms. The van der Waals surface area contributed by atoms with Crippen LogP contribution in [0.4, 0.5) is 0 Å². The second-order valence-electron chi connectivity index (χ2n) is 4.73. The van der Waals surface area contributed by atoms with Crippen molar-refractivity contribution in [2.24, 2.45) is 5.73 Å². The number of halogens is 2. The number of hydrogen-bond donors (Lipinski definition) is 1. The Balaban J connectivity index is 2.43. The van der Waals surface area contributed by atoms with Crippen molar-refractivity contribution in [3.05, 3.63) is 57.1 Å². The van der Waals surface area contributed by atoms with E-state index >= 15 is 0 Å². The fraction of sp³-hybridized carbons (Fsp3) is 0.250. The molecular weight excluding hydrogens is 293 g/mol. The van der Waals surface area contributed by atoms with E-state index in [0.717, 1.165) is 28.2 Å². The summed E-state index contributed by atoms with van der Waals surface area (Å²) in [6.07, 6.45) is 0.681. The fourth-order valence-corrected chi connectivity index (χ4v) is 2.78. The average Bonchev–Trinajstić information content (AvgIpc) is 2.37. The lowest BCUT2D eigenvalue weighted by molar-refractivity contribution is 0.469. The van der Waals surface area contributed by atoms with E-state index in [2.05, 4.69) is 0 Å². The third-order valence-corrected chi connectivity index (χ3v) is 3.68. The Kier molecular flexibility index (Phi) is 4.92. The molecule has 0 saturated heterocycles. The van der Waals surface area contributed by atoms with Gasteiger partial charge in [0.15, 0.2) is 0 Å². The molecule has 2 nitrogen and oxygen atoms in total. The molecular formula is C16H17Cl2NO. The van der Waals surface area contributed by atoms with Crippen LogP contribution in [-0.4, -0.2) is 6.54 Å². The predicted octanol–water partition coefficient (Wildman–Crippen LogP) is 4.90. The molecule has 0 fully saturated rings. The largest absolute Gasteiger partial charge is 0.456 e. The number of ether oxygens (including phenoxy) is 1. The monoisotopic (exact) mass is 309 g/mol. The van der Waals surface area contributed by atoms with Crippen molar-refractivity contribution in [2.45, 2.75) is 20.3 Å². The van der Waals surface area contributed by atoms with Gasteiger partial charge >= 0.3 is 0 Å². The predicted molar refractivity (Wildman–Crippen MR) is 85.2 cm³/mol. The zero-order chi connectivity index (χ0) is 14.7. The quantitative estimate of drug-likeness (QED) is 0.871. The zero-order valence-corrected chi connectivity index (χ0v) is 13.1. The summed E-state index contributed by atoms with van der Waals surface area (Å²) in [6.45, 7) is 4.47. The van der Waals surface area contributed by atoms with E-state index in [4.69, 9.17) is 33.7 Å². The summed E-state index contributed by atoms with van der Waals surface area (Å²) in [5.41, 5.74) is 8.56. The van der Waals surface area contributed by atoms with E-state index in [1.165, 1.54) is 0 Å². The Hall–Kier alpha value is -1.22. The van der Waals surface area contributed by atoms with Crippen LogP contribution >= 0.6 is 23.2 Å². The lowest BCUT2D eigenvalue weighted by Gasteiger charge is -2.16. The van der Waals surface area contributed by atoms with Crippen molar-refractivity contribution in [1.29, 1.82) is 0 Å². The molecule has 0 aliphatic carbocycles. The molecule has 0 unspecified atom stereocenters. The molecule has 2 rings (SSSR count). The van der Waals surface area contributed by atoms with Gasteiger partial charge in [-0.05, 0) is 62.2 Å². The number of rotatable bonds is 4. The molecule has 0 bridgehead atoms. The summed E-state index contributed by atoms with van der Waals surface area (Å²) >= 11 is 12.3. The summed E-state index contributed by atoms with van der Waals surface area (Å²) < 4.78 is 6.06. The van der Waals surface area contributed by atoms with Gasteiger partial charge in [0.05, 0.1) is 0 Å². The first-order chi connectivity index (χ1) is 9.52. The van der Waals surface area contributed by atoms with Gasteiger partial charge in [-0.2, -0.15) is 0 Å². The Bertz CT molecular complexity index is 603. The molecule has 20 heavy (non-hydrogen) atoms. The highest BCUT2D eigenvalue weighted by Crippen LogP contribution is 2.35. The van der Waals surface area contributed by atoms with E-state index in [1.807, 2.05) is 44.2 Å². The lowest BCUT2D eigenvalue weighted by Crippen LogP contribution is -2.05. The smallest absolute Gasteiger partial charge is 0.133 e. The number of aryl methyl sites for hydroxylation is 2. The van der Waals surface area contributed by atoms with Crippen molar-refractivity contribution in [1.82, 2.24) is 0 Å². The summed E-state index contributed by atoms with van der Waals surface area (Å²) in [6, 6.07) is 9.40. The van der Waals surface area contributed by atoms with Crippen LogP contribution in [0.2, 0.25) is 10.0 Å². The first kappa shape index (κ1) is 15.2. The fourth-order valence-electron chi connectivity index (χ4n) is 2.19. The van der Waals surface area contributed by atoms with E-state index in [9.17, 15) is 0 Å². The first-order valence-corrected chi connectivity index (χ1v) is 7.20. The van der Waals surface area contributed by atoms with E-state index < -0.39 is 0 Å². The van der Waals surface area contributed by atoms with Crippen molar-refractivity contribution in [3.8, 4) is 11.5 Å². The molecule has 0 radical (unpaired) electrons. The molecule has 106 valence electrons. The maximum atomic E-state index is 6.22. The number of nitrogens with two attached hydrogens (primary N) is 1. The summed E-state index contributed by atoms with van der Waals surface area (Å²) in [4.78, 5) is 0. The minimum atomic E-state index is 0.526. The van der Waals surface area contributed by atoms with Crippen LogP contribution in [0.1, 0.15) is 16.7 Å². The maximum absolute atomic E-state index is 6.22. The Morgan fingerprint density at radius 3 is 2.35 bits per heavy atom. The Morgan fingerprint density at radius 2 is 1.75 bits per heavy atom. The van der Waals surface area contributed by atoms with Crippen molar-refractivity contribution in [2.75, 3.05) is 6.54 Å². The van der Waals surface area contributed by atoms with E-state index in [-0.39, 0.29) is 0 Å². The van der Waals surface area contributed by atoms with Crippen LogP contribution in [0.5, 0.6) is 11.5 Å². The molecule has 4 heteroatoms. The van der Waals surface area contributed by atoms with Gasteiger partial charge in [-0.3, -0.25) is 0 Å². The second kappa shape index (κ2) is 6.49. The third kappa shape index (κ3) is 3.26. The van der Waals surface area contributed by atoms with Crippen molar-refractivity contribution >= 4 is 23.2 Å². The van der Waals surface area contributed by atoms with E-state index in [1.54, 1.807) is 0 Å². The molecule has 2 aromatic carbocycles. The van der Waals surface area contributed by atoms with Gasteiger partial charge < -0.3 is 10.5 Å². The molecule has 2 aromatic rings. The SMILES string of the molecule is Cc1cc(Cl)cc(C)c1Oc1cccc(Cl)c1CCN. The zero-order valence-electron chi connectivity index (χ0n) is 11.5. The maximum Gasteiger partial charge on any atom is 0.133 e. The average molecular weight is 310 g/mol. The molecule has 0 aliphatic heterocycles. The van der Waals surface area contributed by atoms with Crippen LogP contribution < -0.4 is 10.5 Å². The van der Waals surface area contributed by atoms with Gasteiger partial charge in [0.1, 0.15) is 11.5 Å². The van der Waals surface area contributed by atoms with Gasteiger partial charge in [0.25, 0.3) is 0 Å².